The average molecular weight is 350 g/mol. The second-order valence-corrected chi connectivity index (χ2v) is 6.99. The minimum atomic E-state index is -0.204. The molecule has 2 aliphatic heterocycles. The SMILES string of the molecule is CN1CCOC(c2ccccc2)[C@H](CN2C(=O)c3ccccc3C2=O)C1. The average Bonchev–Trinajstić information content (AvgIpc) is 2.80. The molecule has 2 aromatic carbocycles. The Morgan fingerprint density at radius 3 is 2.23 bits per heavy atom. The third kappa shape index (κ3) is 3.04. The number of hydrogen-bond donors (Lipinski definition) is 0. The highest BCUT2D eigenvalue weighted by Gasteiger charge is 2.39. The lowest BCUT2D eigenvalue weighted by molar-refractivity contribution is 0.0190. The summed E-state index contributed by atoms with van der Waals surface area (Å²) in [7, 11) is 2.05. The van der Waals surface area contributed by atoms with Gasteiger partial charge in [-0.25, -0.2) is 0 Å². The van der Waals surface area contributed by atoms with Crippen LogP contribution in [0.3, 0.4) is 0 Å². The molecule has 2 amide bonds. The maximum atomic E-state index is 12.7. The van der Waals surface area contributed by atoms with Crippen molar-refractivity contribution < 1.29 is 14.3 Å². The van der Waals surface area contributed by atoms with E-state index in [9.17, 15) is 9.59 Å². The van der Waals surface area contributed by atoms with Gasteiger partial charge in [0.25, 0.3) is 11.8 Å². The van der Waals surface area contributed by atoms with E-state index in [1.807, 2.05) is 37.4 Å². The van der Waals surface area contributed by atoms with Crippen LogP contribution < -0.4 is 0 Å². The molecular formula is C21H22N2O3. The number of rotatable bonds is 3. The van der Waals surface area contributed by atoms with Gasteiger partial charge in [0.1, 0.15) is 0 Å². The Bertz CT molecular complexity index is 786. The first kappa shape index (κ1) is 16.9. The second kappa shape index (κ2) is 7.02. The molecule has 1 unspecified atom stereocenters. The molecule has 0 aliphatic carbocycles. The molecule has 0 N–H and O–H groups in total. The number of likely N-dealkylation sites (N-methyl/N-ethyl adjacent to an activating group) is 1. The molecule has 4 rings (SSSR count). The van der Waals surface area contributed by atoms with Crippen LogP contribution in [0.15, 0.2) is 54.6 Å². The Labute approximate surface area is 153 Å². The van der Waals surface area contributed by atoms with Gasteiger partial charge in [-0.05, 0) is 24.7 Å². The van der Waals surface area contributed by atoms with E-state index in [0.717, 1.165) is 18.7 Å². The van der Waals surface area contributed by atoms with Crippen LogP contribution in [0.25, 0.3) is 0 Å². The summed E-state index contributed by atoms with van der Waals surface area (Å²) in [6, 6.07) is 17.1. The zero-order valence-corrected chi connectivity index (χ0v) is 14.8. The molecule has 26 heavy (non-hydrogen) atoms. The molecular weight excluding hydrogens is 328 g/mol. The Kier molecular flexibility index (Phi) is 4.57. The molecule has 0 spiro atoms. The topological polar surface area (TPSA) is 49.9 Å². The third-order valence-electron chi connectivity index (χ3n) is 5.17. The molecule has 0 aromatic heterocycles. The van der Waals surface area contributed by atoms with Crippen LogP contribution in [0, 0.1) is 5.92 Å². The van der Waals surface area contributed by atoms with Crippen molar-refractivity contribution in [3.8, 4) is 0 Å². The Hall–Kier alpha value is -2.50. The van der Waals surface area contributed by atoms with Gasteiger partial charge in [-0.3, -0.25) is 14.5 Å². The predicted molar refractivity (Wildman–Crippen MR) is 97.9 cm³/mol. The maximum Gasteiger partial charge on any atom is 0.261 e. The van der Waals surface area contributed by atoms with Crippen LogP contribution in [-0.2, 0) is 4.74 Å². The first-order valence-electron chi connectivity index (χ1n) is 8.95. The van der Waals surface area contributed by atoms with E-state index in [2.05, 4.69) is 4.90 Å². The van der Waals surface area contributed by atoms with Gasteiger partial charge in [0, 0.05) is 25.6 Å². The molecule has 2 aromatic rings. The van der Waals surface area contributed by atoms with E-state index >= 15 is 0 Å². The molecule has 5 nitrogen and oxygen atoms in total. The highest BCUT2D eigenvalue weighted by molar-refractivity contribution is 6.21. The fourth-order valence-corrected chi connectivity index (χ4v) is 3.86. The second-order valence-electron chi connectivity index (χ2n) is 6.99. The summed E-state index contributed by atoms with van der Waals surface area (Å²) < 4.78 is 6.14. The molecule has 0 bridgehead atoms. The van der Waals surface area contributed by atoms with Crippen molar-refractivity contribution in [1.29, 1.82) is 0 Å². The normalized spacial score (nSPS) is 23.8. The van der Waals surface area contributed by atoms with Crippen molar-refractivity contribution in [3.05, 3.63) is 71.3 Å². The van der Waals surface area contributed by atoms with Crippen LogP contribution in [-0.4, -0.2) is 54.9 Å². The van der Waals surface area contributed by atoms with E-state index < -0.39 is 0 Å². The van der Waals surface area contributed by atoms with Gasteiger partial charge in [-0.1, -0.05) is 42.5 Å². The number of fused-ring (bicyclic) bond motifs is 1. The lowest BCUT2D eigenvalue weighted by Crippen LogP contribution is -2.40. The van der Waals surface area contributed by atoms with Gasteiger partial charge in [0.15, 0.2) is 0 Å². The molecule has 1 saturated heterocycles. The zero-order valence-electron chi connectivity index (χ0n) is 14.8. The van der Waals surface area contributed by atoms with E-state index in [1.54, 1.807) is 24.3 Å². The van der Waals surface area contributed by atoms with Gasteiger partial charge < -0.3 is 9.64 Å². The van der Waals surface area contributed by atoms with Gasteiger partial charge in [-0.15, -0.1) is 0 Å². The van der Waals surface area contributed by atoms with Gasteiger partial charge >= 0.3 is 0 Å². The third-order valence-corrected chi connectivity index (χ3v) is 5.17. The molecule has 2 heterocycles. The van der Waals surface area contributed by atoms with Crippen LogP contribution in [0.2, 0.25) is 0 Å². The van der Waals surface area contributed by atoms with Crippen LogP contribution >= 0.6 is 0 Å². The molecule has 1 fully saturated rings. The molecule has 2 aliphatic rings. The number of benzene rings is 2. The zero-order chi connectivity index (χ0) is 18.1. The first-order chi connectivity index (χ1) is 12.6. The summed E-state index contributed by atoms with van der Waals surface area (Å²) in [6.07, 6.45) is -0.134. The minimum Gasteiger partial charge on any atom is -0.372 e. The monoisotopic (exact) mass is 350 g/mol. The number of hydrogen-bond acceptors (Lipinski definition) is 4. The van der Waals surface area contributed by atoms with Crippen molar-refractivity contribution in [3.63, 3.8) is 0 Å². The number of imide groups is 1. The van der Waals surface area contributed by atoms with E-state index in [1.165, 1.54) is 4.90 Å². The first-order valence-corrected chi connectivity index (χ1v) is 8.95. The molecule has 0 radical (unpaired) electrons. The van der Waals surface area contributed by atoms with Crippen molar-refractivity contribution >= 4 is 11.8 Å². The van der Waals surface area contributed by atoms with Crippen LogP contribution in [0.1, 0.15) is 32.4 Å². The molecule has 2 atom stereocenters. The summed E-state index contributed by atoms with van der Waals surface area (Å²) in [6.45, 7) is 2.60. The van der Waals surface area contributed by atoms with Crippen molar-refractivity contribution in [2.75, 3.05) is 33.3 Å². The largest absolute Gasteiger partial charge is 0.372 e. The lowest BCUT2D eigenvalue weighted by Gasteiger charge is -2.29. The molecule has 5 heteroatoms. The number of carbonyl (C=O) groups is 2. The Morgan fingerprint density at radius 2 is 1.58 bits per heavy atom. The van der Waals surface area contributed by atoms with Gasteiger partial charge in [0.05, 0.1) is 23.8 Å². The fraction of sp³-hybridized carbons (Fsp3) is 0.333. The number of carbonyl (C=O) groups excluding carboxylic acids is 2. The minimum absolute atomic E-state index is 0.0205. The van der Waals surface area contributed by atoms with E-state index in [4.69, 9.17) is 4.74 Å². The Morgan fingerprint density at radius 1 is 0.962 bits per heavy atom. The quantitative estimate of drug-likeness (QED) is 0.799. The lowest BCUT2D eigenvalue weighted by atomic mass is 9.94. The number of amides is 2. The van der Waals surface area contributed by atoms with E-state index in [0.29, 0.717) is 24.3 Å². The van der Waals surface area contributed by atoms with Crippen LogP contribution in [0.4, 0.5) is 0 Å². The molecule has 0 saturated carbocycles. The highest BCUT2D eigenvalue weighted by atomic mass is 16.5. The summed E-state index contributed by atoms with van der Waals surface area (Å²) >= 11 is 0. The van der Waals surface area contributed by atoms with Crippen molar-refractivity contribution in [2.24, 2.45) is 5.92 Å². The van der Waals surface area contributed by atoms with Crippen molar-refractivity contribution in [1.82, 2.24) is 9.80 Å². The standard InChI is InChI=1S/C21H22N2O3/c1-22-11-12-26-19(15-7-3-2-4-8-15)16(13-22)14-23-20(24)17-9-5-6-10-18(17)21(23)25/h2-10,16,19H,11-14H2,1H3/t16-,19?/m0/s1. The van der Waals surface area contributed by atoms with Gasteiger partial charge in [-0.2, -0.15) is 0 Å². The predicted octanol–water partition coefficient (Wildman–Crippen LogP) is 2.60. The van der Waals surface area contributed by atoms with Gasteiger partial charge in [0.2, 0.25) is 0 Å². The van der Waals surface area contributed by atoms with E-state index in [-0.39, 0.29) is 23.8 Å². The van der Waals surface area contributed by atoms with Crippen molar-refractivity contribution in [2.45, 2.75) is 6.10 Å². The number of nitrogens with zero attached hydrogens (tertiary/aromatic N) is 2. The van der Waals surface area contributed by atoms with Crippen LogP contribution in [0.5, 0.6) is 0 Å². The summed E-state index contributed by atoms with van der Waals surface area (Å²) in [5.74, 6) is -0.388. The number of ether oxygens (including phenoxy) is 1. The maximum absolute atomic E-state index is 12.7. The highest BCUT2D eigenvalue weighted by Crippen LogP contribution is 2.32. The summed E-state index contributed by atoms with van der Waals surface area (Å²) in [5, 5.41) is 0. The fourth-order valence-electron chi connectivity index (χ4n) is 3.86. The summed E-state index contributed by atoms with van der Waals surface area (Å²) in [5.41, 5.74) is 2.08. The smallest absolute Gasteiger partial charge is 0.261 e. The Balaban J connectivity index is 1.62. The molecule has 134 valence electrons. The summed E-state index contributed by atoms with van der Waals surface area (Å²) in [4.78, 5) is 29.1.